The van der Waals surface area contributed by atoms with Crippen LogP contribution in [0.3, 0.4) is 0 Å². The van der Waals surface area contributed by atoms with Gasteiger partial charge in [0.05, 0.1) is 138 Å². The van der Waals surface area contributed by atoms with Gasteiger partial charge >= 0.3 is 110 Å². The number of carboxylic acids is 4. The Bertz CT molecular complexity index is 4480. The molecule has 0 spiro atoms. The van der Waals surface area contributed by atoms with Crippen molar-refractivity contribution in [2.24, 2.45) is 0 Å². The van der Waals surface area contributed by atoms with E-state index < -0.39 is 55.1 Å². The molecule has 0 aliphatic heterocycles. The molecule has 103 heavy (non-hydrogen) atoms. The number of aromatic nitrogens is 12. The van der Waals surface area contributed by atoms with Gasteiger partial charge in [0.2, 0.25) is 0 Å². The van der Waals surface area contributed by atoms with Crippen molar-refractivity contribution >= 4 is 44.1 Å². The van der Waals surface area contributed by atoms with E-state index in [4.69, 9.17) is 25.9 Å². The minimum atomic E-state index is -6.09. The van der Waals surface area contributed by atoms with Crippen molar-refractivity contribution in [3.63, 3.8) is 0 Å². The second kappa shape index (κ2) is 40.2. The molecule has 0 saturated carbocycles. The first-order valence-electron chi connectivity index (χ1n) is 27.8. The predicted molar refractivity (Wildman–Crippen MR) is 336 cm³/mol. The van der Waals surface area contributed by atoms with Gasteiger partial charge in [0.25, 0.3) is 0 Å². The van der Waals surface area contributed by atoms with Gasteiger partial charge in [-0.05, 0) is 146 Å². The molecular formula is C66H43Eu2F6N12O15S2. The largest absolute Gasteiger partial charge is 3.00 e. The van der Waals surface area contributed by atoms with Crippen molar-refractivity contribution < 1.29 is 196 Å². The number of halogens is 6. The molecule has 3 N–H and O–H groups in total. The molecule has 0 fully saturated rings. The van der Waals surface area contributed by atoms with E-state index in [2.05, 4.69) is 59.8 Å². The summed E-state index contributed by atoms with van der Waals surface area (Å²) in [4.78, 5) is 94.5. The van der Waals surface area contributed by atoms with Gasteiger partial charge in [-0.15, -0.1) is 0 Å². The summed E-state index contributed by atoms with van der Waals surface area (Å²) in [5.41, 5.74) is -1.69. The Hall–Kier alpha value is -9.79. The van der Waals surface area contributed by atoms with E-state index >= 15 is 0 Å². The van der Waals surface area contributed by atoms with Gasteiger partial charge in [0, 0.05) is 24.8 Å². The number of carbonyl (C=O) groups excluding carboxylic acids is 4. The molecule has 0 aromatic carbocycles. The van der Waals surface area contributed by atoms with E-state index in [1.165, 1.54) is 24.3 Å². The van der Waals surface area contributed by atoms with Crippen LogP contribution in [0.4, 0.5) is 26.3 Å². The van der Waals surface area contributed by atoms with E-state index in [1.807, 2.05) is 121 Å². The number of nitrogens with zero attached hydrogens (tertiary/aromatic N) is 12. The van der Waals surface area contributed by atoms with Gasteiger partial charge in [-0.3, -0.25) is 19.9 Å². The number of pyridine rings is 12. The molecule has 0 aliphatic carbocycles. The molecule has 0 amide bonds. The number of carboxylic acid groups (broad SMARTS) is 4. The number of carbonyl (C=O) groups is 4. The summed E-state index contributed by atoms with van der Waals surface area (Å²) in [6, 6.07) is 62.9. The van der Waals surface area contributed by atoms with Crippen LogP contribution in [0.15, 0.2) is 243 Å². The fraction of sp³-hybridized carbons (Fsp3) is 0.0303. The molecular weight excluding hydrogens is 1680 g/mol. The van der Waals surface area contributed by atoms with Gasteiger partial charge in [-0.2, -0.15) is 26.3 Å². The smallest absolute Gasteiger partial charge is 0.741 e. The van der Waals surface area contributed by atoms with Crippen molar-refractivity contribution in [3.05, 3.63) is 266 Å². The van der Waals surface area contributed by atoms with Crippen LogP contribution >= 0.6 is 0 Å². The first-order valence-corrected chi connectivity index (χ1v) is 30.6. The van der Waals surface area contributed by atoms with Crippen LogP contribution < -0.4 is 20.4 Å². The zero-order chi connectivity index (χ0) is 72.6. The molecule has 37 heteroatoms. The SMILES string of the molecule is O=C([O-])c1cccc(-c2cccc(-c3ccccn3)n2)n1.O=C([O-])c1cccc(-c2cccc(-c3ccccn3)n2)n1.O=C([O-])c1cccc(-c2cccc(-c3ccccn3)n2)n1.O=C([O-])c1cccc(-c2cccc(-c3ccccn3)n2)n1.O=S(=O)([O-])C(F)(F)F.O=S(=O)([O-])C(F)(F)F.[Eu+2].[Eu+3].[OH3+]. The summed E-state index contributed by atoms with van der Waals surface area (Å²) in [5, 5.41) is 43.5. The molecule has 12 aromatic rings. The topological polar surface area (TPSA) is 463 Å². The van der Waals surface area contributed by atoms with E-state index in [-0.39, 0.29) is 127 Å². The summed E-state index contributed by atoms with van der Waals surface area (Å²) in [6.45, 7) is 0. The molecule has 1 radical (unpaired) electrons. The molecule has 12 aromatic heterocycles. The monoisotopic (exact) mass is 1730 g/mol. The van der Waals surface area contributed by atoms with Gasteiger partial charge in [0.1, 0.15) is 0 Å². The number of hydrogen-bond donors (Lipinski definition) is 0. The average molecular weight is 1730 g/mol. The van der Waals surface area contributed by atoms with Crippen LogP contribution in [0.1, 0.15) is 42.0 Å². The van der Waals surface area contributed by atoms with Crippen LogP contribution in [0, 0.1) is 98.8 Å². The molecule has 0 saturated heterocycles. The summed E-state index contributed by atoms with van der Waals surface area (Å²) >= 11 is 0. The second-order valence-electron chi connectivity index (χ2n) is 19.1. The molecule has 12 heterocycles. The maximum atomic E-state index is 10.9. The van der Waals surface area contributed by atoms with Gasteiger partial charge in [0.15, 0.2) is 20.2 Å². The van der Waals surface area contributed by atoms with Crippen LogP contribution in [0.25, 0.3) is 91.1 Å². The van der Waals surface area contributed by atoms with E-state index in [0.717, 1.165) is 22.8 Å². The quantitative estimate of drug-likeness (QED) is 0.0634. The van der Waals surface area contributed by atoms with E-state index in [1.54, 1.807) is 97.6 Å². The fourth-order valence-electron chi connectivity index (χ4n) is 7.70. The number of alkyl halides is 6. The summed E-state index contributed by atoms with van der Waals surface area (Å²) < 4.78 is 118. The summed E-state index contributed by atoms with van der Waals surface area (Å²) in [6.07, 6.45) is 6.77. The number of rotatable bonds is 12. The number of hydrogen-bond acceptors (Lipinski definition) is 26. The van der Waals surface area contributed by atoms with E-state index in [0.29, 0.717) is 68.3 Å². The van der Waals surface area contributed by atoms with Crippen molar-refractivity contribution in [2.45, 2.75) is 11.0 Å². The maximum absolute atomic E-state index is 10.9. The van der Waals surface area contributed by atoms with E-state index in [9.17, 15) is 65.9 Å². The average Bonchev–Trinajstić information content (AvgIpc) is 0.841. The Morgan fingerprint density at radius 1 is 0.262 bits per heavy atom. The van der Waals surface area contributed by atoms with Crippen molar-refractivity contribution in [1.29, 1.82) is 0 Å². The zero-order valence-corrected chi connectivity index (χ0v) is 58.1. The van der Waals surface area contributed by atoms with Gasteiger partial charge < -0.3 is 54.2 Å². The Balaban J connectivity index is 0.000000269. The predicted octanol–water partition coefficient (Wildman–Crippen LogP) is 5.46. The van der Waals surface area contributed by atoms with Crippen molar-refractivity contribution in [2.75, 3.05) is 0 Å². The second-order valence-corrected chi connectivity index (χ2v) is 21.8. The van der Waals surface area contributed by atoms with Crippen LogP contribution in [-0.4, -0.2) is 121 Å². The normalized spacial score (nSPS) is 10.6. The molecule has 0 unspecified atom stereocenters. The van der Waals surface area contributed by atoms with Crippen molar-refractivity contribution in [1.82, 2.24) is 59.8 Å². The van der Waals surface area contributed by atoms with Crippen molar-refractivity contribution in [3.8, 4) is 91.1 Å². The molecule has 0 atom stereocenters. The fourth-order valence-corrected chi connectivity index (χ4v) is 7.70. The molecule has 0 bridgehead atoms. The maximum Gasteiger partial charge on any atom is 3.00 e. The van der Waals surface area contributed by atoms with Crippen LogP contribution in [0.5, 0.6) is 0 Å². The summed E-state index contributed by atoms with van der Waals surface area (Å²) in [5.74, 6) is -5.23. The van der Waals surface area contributed by atoms with Gasteiger partial charge in [-0.1, -0.05) is 72.8 Å². The third-order valence-corrected chi connectivity index (χ3v) is 13.3. The molecule has 27 nitrogen and oxygen atoms in total. The molecule has 0 aliphatic rings. The molecule has 525 valence electrons. The zero-order valence-electron chi connectivity index (χ0n) is 51.6. The number of aromatic carboxylic acids is 4. The minimum absolute atomic E-state index is 0. The Kier molecular flexibility index (Phi) is 33.4. The molecule has 12 rings (SSSR count). The van der Waals surface area contributed by atoms with Crippen LogP contribution in [-0.2, 0) is 25.7 Å². The van der Waals surface area contributed by atoms with Gasteiger partial charge in [-0.25, -0.2) is 56.7 Å². The first-order chi connectivity index (χ1) is 47.4. The van der Waals surface area contributed by atoms with Crippen LogP contribution in [0.2, 0.25) is 0 Å². The Morgan fingerprint density at radius 2 is 0.398 bits per heavy atom. The minimum Gasteiger partial charge on any atom is -0.741 e. The Morgan fingerprint density at radius 3 is 0.534 bits per heavy atom. The standard InChI is InChI=1S/4C16H11N3O2.2CHF3O3S.2Eu.H2O/c4*20-16(21)15-9-4-8-14(19-15)13-7-3-6-12(18-13)11-5-1-2-10-17-11;2*2-1(3,4)8(5,6)7;;;/h4*1-10H,(H,20,21);2*(H,5,6,7);;;1H2/q;;;;;;+2;+3;/p-5. The first kappa shape index (κ1) is 85.6. The third-order valence-electron chi connectivity index (χ3n) is 12.2. The summed E-state index contributed by atoms with van der Waals surface area (Å²) in [7, 11) is -12.2. The Labute approximate surface area is 661 Å². The third kappa shape index (κ3) is 26.5.